The molecule has 0 aromatic heterocycles. The lowest BCUT2D eigenvalue weighted by Gasteiger charge is -2.12. The second kappa shape index (κ2) is 6.33. The second-order valence-corrected chi connectivity index (χ2v) is 4.84. The van der Waals surface area contributed by atoms with Gasteiger partial charge in [0.25, 0.3) is 5.69 Å². The van der Waals surface area contributed by atoms with Crippen LogP contribution in [0.2, 0.25) is 5.02 Å². The number of benzene rings is 2. The van der Waals surface area contributed by atoms with E-state index in [0.717, 1.165) is 18.2 Å². The van der Waals surface area contributed by atoms with Crippen LogP contribution in [0.1, 0.15) is 5.56 Å². The fraction of sp³-hybridized carbons (Fsp3) is 0.143. The highest BCUT2D eigenvalue weighted by Gasteiger charge is 2.31. The zero-order chi connectivity index (χ0) is 17.2. The SMILES string of the molecule is CNc1cc(Oc2ccc(C(F)(F)F)cc2Cl)ccc1[N+](=O)[O-]. The molecule has 0 aliphatic rings. The van der Waals surface area contributed by atoms with Crippen molar-refractivity contribution in [3.63, 3.8) is 0 Å². The summed E-state index contributed by atoms with van der Waals surface area (Å²) in [7, 11) is 1.50. The van der Waals surface area contributed by atoms with E-state index in [1.165, 1.54) is 25.2 Å². The van der Waals surface area contributed by atoms with E-state index in [1.54, 1.807) is 0 Å². The molecule has 0 aliphatic heterocycles. The topological polar surface area (TPSA) is 64.4 Å². The molecule has 0 saturated heterocycles. The van der Waals surface area contributed by atoms with E-state index in [0.29, 0.717) is 0 Å². The van der Waals surface area contributed by atoms with Gasteiger partial charge in [-0.05, 0) is 24.3 Å². The van der Waals surface area contributed by atoms with Crippen molar-refractivity contribution < 1.29 is 22.8 Å². The Kier molecular flexibility index (Phi) is 4.65. The smallest absolute Gasteiger partial charge is 0.416 e. The van der Waals surface area contributed by atoms with Crippen molar-refractivity contribution in [2.24, 2.45) is 0 Å². The summed E-state index contributed by atoms with van der Waals surface area (Å²) >= 11 is 5.79. The molecule has 0 bridgehead atoms. The van der Waals surface area contributed by atoms with Gasteiger partial charge in [-0.2, -0.15) is 13.2 Å². The molecule has 0 fully saturated rings. The first kappa shape index (κ1) is 16.9. The van der Waals surface area contributed by atoms with Crippen molar-refractivity contribution in [2.75, 3.05) is 12.4 Å². The maximum atomic E-state index is 12.6. The summed E-state index contributed by atoms with van der Waals surface area (Å²) in [5, 5.41) is 13.3. The van der Waals surface area contributed by atoms with Crippen molar-refractivity contribution in [3.05, 3.63) is 57.1 Å². The van der Waals surface area contributed by atoms with Gasteiger partial charge in [-0.15, -0.1) is 0 Å². The van der Waals surface area contributed by atoms with Crippen molar-refractivity contribution in [1.29, 1.82) is 0 Å². The van der Waals surface area contributed by atoms with E-state index in [2.05, 4.69) is 5.32 Å². The van der Waals surface area contributed by atoms with Gasteiger partial charge >= 0.3 is 6.18 Å². The molecule has 9 heteroatoms. The number of halogens is 4. The highest BCUT2D eigenvalue weighted by Crippen LogP contribution is 2.37. The summed E-state index contributed by atoms with van der Waals surface area (Å²) in [5.41, 5.74) is -0.844. The van der Waals surface area contributed by atoms with Gasteiger partial charge < -0.3 is 10.1 Å². The average molecular weight is 347 g/mol. The van der Waals surface area contributed by atoms with E-state index < -0.39 is 16.7 Å². The predicted molar refractivity (Wildman–Crippen MR) is 79.2 cm³/mol. The number of nitro groups is 1. The molecule has 2 rings (SSSR count). The lowest BCUT2D eigenvalue weighted by molar-refractivity contribution is -0.384. The molecule has 2 aromatic rings. The summed E-state index contributed by atoms with van der Waals surface area (Å²) < 4.78 is 43.1. The number of hydrogen-bond donors (Lipinski definition) is 1. The maximum Gasteiger partial charge on any atom is 0.416 e. The Morgan fingerprint density at radius 1 is 1.22 bits per heavy atom. The predicted octanol–water partition coefficient (Wildman–Crippen LogP) is 5.10. The van der Waals surface area contributed by atoms with Crippen LogP contribution in [0.4, 0.5) is 24.5 Å². The highest BCUT2D eigenvalue weighted by molar-refractivity contribution is 6.32. The van der Waals surface area contributed by atoms with Crippen LogP contribution in [0.25, 0.3) is 0 Å². The number of hydrogen-bond acceptors (Lipinski definition) is 4. The molecule has 23 heavy (non-hydrogen) atoms. The van der Waals surface area contributed by atoms with Gasteiger partial charge in [0.1, 0.15) is 17.2 Å². The normalized spacial score (nSPS) is 11.2. The van der Waals surface area contributed by atoms with E-state index in [9.17, 15) is 23.3 Å². The molecule has 0 aliphatic carbocycles. The van der Waals surface area contributed by atoms with Crippen LogP contribution < -0.4 is 10.1 Å². The van der Waals surface area contributed by atoms with Crippen LogP contribution in [-0.4, -0.2) is 12.0 Å². The first-order chi connectivity index (χ1) is 10.7. The number of alkyl halides is 3. The van der Waals surface area contributed by atoms with E-state index in [4.69, 9.17) is 16.3 Å². The van der Waals surface area contributed by atoms with Gasteiger partial charge in [-0.25, -0.2) is 0 Å². The summed E-state index contributed by atoms with van der Waals surface area (Å²) in [5.74, 6) is 0.206. The summed E-state index contributed by atoms with van der Waals surface area (Å²) in [4.78, 5) is 10.3. The Hall–Kier alpha value is -2.48. The first-order valence-corrected chi connectivity index (χ1v) is 6.61. The van der Waals surface area contributed by atoms with Crippen molar-refractivity contribution in [1.82, 2.24) is 0 Å². The molecule has 2 aromatic carbocycles. The molecule has 1 N–H and O–H groups in total. The van der Waals surface area contributed by atoms with Gasteiger partial charge in [0.15, 0.2) is 0 Å². The maximum absolute atomic E-state index is 12.6. The third-order valence-corrected chi connectivity index (χ3v) is 3.22. The Morgan fingerprint density at radius 3 is 2.43 bits per heavy atom. The number of nitro benzene ring substituents is 1. The number of anilines is 1. The van der Waals surface area contributed by atoms with Gasteiger partial charge in [-0.3, -0.25) is 10.1 Å². The quantitative estimate of drug-likeness (QED) is 0.618. The lowest BCUT2D eigenvalue weighted by atomic mass is 10.2. The summed E-state index contributed by atoms with van der Waals surface area (Å²) in [6.45, 7) is 0. The lowest BCUT2D eigenvalue weighted by Crippen LogP contribution is -2.04. The van der Waals surface area contributed by atoms with Crippen LogP contribution in [0.3, 0.4) is 0 Å². The van der Waals surface area contributed by atoms with Gasteiger partial charge in [0, 0.05) is 19.2 Å². The standard InChI is InChI=1S/C14H10ClF3N2O3/c1-19-11-7-9(3-4-12(11)20(21)22)23-13-5-2-8(6-10(13)15)14(16,17)18/h2-7,19H,1H3. The third-order valence-electron chi connectivity index (χ3n) is 2.92. The minimum atomic E-state index is -4.51. The molecule has 0 saturated carbocycles. The molecule has 0 amide bonds. The van der Waals surface area contributed by atoms with Crippen LogP contribution in [0.15, 0.2) is 36.4 Å². The first-order valence-electron chi connectivity index (χ1n) is 6.23. The number of nitrogens with zero attached hydrogens (tertiary/aromatic N) is 1. The van der Waals surface area contributed by atoms with Crippen LogP contribution in [0, 0.1) is 10.1 Å². The molecule has 122 valence electrons. The Labute approximate surface area is 133 Å². The molecule has 0 spiro atoms. The van der Waals surface area contributed by atoms with E-state index in [-0.39, 0.29) is 27.9 Å². The molecular formula is C14H10ClF3N2O3. The van der Waals surface area contributed by atoms with Gasteiger partial charge in [0.2, 0.25) is 0 Å². The zero-order valence-electron chi connectivity index (χ0n) is 11.6. The largest absolute Gasteiger partial charge is 0.456 e. The zero-order valence-corrected chi connectivity index (χ0v) is 12.4. The third kappa shape index (κ3) is 3.84. The average Bonchev–Trinajstić information content (AvgIpc) is 2.47. The second-order valence-electron chi connectivity index (χ2n) is 4.43. The highest BCUT2D eigenvalue weighted by atomic mass is 35.5. The summed E-state index contributed by atoms with van der Waals surface area (Å²) in [6.07, 6.45) is -4.51. The van der Waals surface area contributed by atoms with Crippen molar-refractivity contribution >= 4 is 23.0 Å². The molecule has 0 heterocycles. The Bertz CT molecular complexity index is 751. The summed E-state index contributed by atoms with van der Waals surface area (Å²) in [6, 6.07) is 6.58. The fourth-order valence-electron chi connectivity index (χ4n) is 1.82. The minimum absolute atomic E-state index is 0.00979. The Morgan fingerprint density at radius 2 is 1.91 bits per heavy atom. The Balaban J connectivity index is 2.31. The molecule has 5 nitrogen and oxygen atoms in total. The van der Waals surface area contributed by atoms with E-state index in [1.807, 2.05) is 0 Å². The van der Waals surface area contributed by atoms with Gasteiger partial charge in [0.05, 0.1) is 15.5 Å². The monoisotopic (exact) mass is 346 g/mol. The molecular weight excluding hydrogens is 337 g/mol. The van der Waals surface area contributed by atoms with Crippen LogP contribution >= 0.6 is 11.6 Å². The van der Waals surface area contributed by atoms with E-state index >= 15 is 0 Å². The van der Waals surface area contributed by atoms with Crippen LogP contribution in [-0.2, 0) is 6.18 Å². The van der Waals surface area contributed by atoms with Crippen molar-refractivity contribution in [3.8, 4) is 11.5 Å². The molecule has 0 radical (unpaired) electrons. The number of rotatable bonds is 4. The fourth-order valence-corrected chi connectivity index (χ4v) is 2.04. The molecule has 0 unspecified atom stereocenters. The van der Waals surface area contributed by atoms with Crippen molar-refractivity contribution in [2.45, 2.75) is 6.18 Å². The molecule has 0 atom stereocenters. The number of nitrogens with one attached hydrogen (secondary N) is 1. The number of ether oxygens (including phenoxy) is 1. The van der Waals surface area contributed by atoms with Crippen LogP contribution in [0.5, 0.6) is 11.5 Å². The minimum Gasteiger partial charge on any atom is -0.456 e. The van der Waals surface area contributed by atoms with Gasteiger partial charge in [-0.1, -0.05) is 11.6 Å².